The van der Waals surface area contributed by atoms with Gasteiger partial charge in [0.05, 0.1) is 7.11 Å². The fourth-order valence-electron chi connectivity index (χ4n) is 2.60. The zero-order chi connectivity index (χ0) is 15.0. The lowest BCUT2D eigenvalue weighted by molar-refractivity contribution is 0.406. The first kappa shape index (κ1) is 14.5. The average molecular weight is 327 g/mol. The Balaban J connectivity index is 1.91. The Morgan fingerprint density at radius 2 is 2.19 bits per heavy atom. The zero-order valence-electron chi connectivity index (χ0n) is 11.3. The standard InChI is InChI=1S/C14H14FNO3S2/c1-19-13-7-8-20-14(13)21(17,18)16-12-6-5-9-10(12)3-2-4-11(9)15/h2-4,7-8,12,16H,5-6H2,1H3/t12-/m1/s1. The third kappa shape index (κ3) is 2.56. The summed E-state index contributed by atoms with van der Waals surface area (Å²) in [5.41, 5.74) is 1.32. The van der Waals surface area contributed by atoms with Gasteiger partial charge in [0.1, 0.15) is 11.6 Å². The van der Waals surface area contributed by atoms with Crippen LogP contribution >= 0.6 is 11.3 Å². The molecule has 2 aromatic rings. The van der Waals surface area contributed by atoms with Crippen LogP contribution in [-0.2, 0) is 16.4 Å². The van der Waals surface area contributed by atoms with Crippen molar-refractivity contribution in [2.24, 2.45) is 0 Å². The number of methoxy groups -OCH3 is 1. The molecule has 0 saturated heterocycles. The summed E-state index contributed by atoms with van der Waals surface area (Å²) in [5, 5.41) is 1.66. The fourth-order valence-corrected chi connectivity index (χ4v) is 5.15. The Hall–Kier alpha value is -1.44. The van der Waals surface area contributed by atoms with Crippen molar-refractivity contribution in [2.45, 2.75) is 23.1 Å². The normalized spacial score (nSPS) is 17.7. The molecule has 0 radical (unpaired) electrons. The summed E-state index contributed by atoms with van der Waals surface area (Å²) in [7, 11) is -2.25. The summed E-state index contributed by atoms with van der Waals surface area (Å²) < 4.78 is 46.4. The third-order valence-electron chi connectivity index (χ3n) is 3.57. The SMILES string of the molecule is COc1ccsc1S(=O)(=O)N[C@@H]1CCc2c(F)cccc21. The predicted molar refractivity (Wildman–Crippen MR) is 78.7 cm³/mol. The van der Waals surface area contributed by atoms with Gasteiger partial charge in [0, 0.05) is 6.04 Å². The first-order chi connectivity index (χ1) is 10.0. The molecule has 1 aromatic heterocycles. The molecule has 0 bridgehead atoms. The number of fused-ring (bicyclic) bond motifs is 1. The van der Waals surface area contributed by atoms with Crippen molar-refractivity contribution in [3.63, 3.8) is 0 Å². The molecule has 21 heavy (non-hydrogen) atoms. The van der Waals surface area contributed by atoms with Crippen molar-refractivity contribution in [1.29, 1.82) is 0 Å². The van der Waals surface area contributed by atoms with Gasteiger partial charge >= 0.3 is 0 Å². The summed E-state index contributed by atoms with van der Waals surface area (Å²) in [4.78, 5) is 0. The molecule has 0 saturated carbocycles. The molecule has 1 atom stereocenters. The van der Waals surface area contributed by atoms with Crippen LogP contribution in [0.4, 0.5) is 4.39 Å². The monoisotopic (exact) mass is 327 g/mol. The molecule has 1 aromatic carbocycles. The quantitative estimate of drug-likeness (QED) is 0.939. The van der Waals surface area contributed by atoms with Crippen LogP contribution in [0.15, 0.2) is 33.9 Å². The van der Waals surface area contributed by atoms with Crippen LogP contribution in [-0.4, -0.2) is 15.5 Å². The Labute approximate surface area is 126 Å². The highest BCUT2D eigenvalue weighted by molar-refractivity contribution is 7.91. The second-order valence-electron chi connectivity index (χ2n) is 4.80. The number of hydrogen-bond donors (Lipinski definition) is 1. The van der Waals surface area contributed by atoms with E-state index >= 15 is 0 Å². The molecule has 0 aliphatic heterocycles. The summed E-state index contributed by atoms with van der Waals surface area (Å²) in [5.74, 6) is 0.0489. The van der Waals surface area contributed by atoms with E-state index in [1.54, 1.807) is 23.6 Å². The molecule has 1 aliphatic carbocycles. The van der Waals surface area contributed by atoms with Crippen LogP contribution in [0.5, 0.6) is 5.75 Å². The van der Waals surface area contributed by atoms with Gasteiger partial charge in [0.15, 0.2) is 4.21 Å². The Morgan fingerprint density at radius 3 is 2.95 bits per heavy atom. The minimum Gasteiger partial charge on any atom is -0.494 e. The molecular formula is C14H14FNO3S2. The molecule has 1 heterocycles. The fraction of sp³-hybridized carbons (Fsp3) is 0.286. The highest BCUT2D eigenvalue weighted by Gasteiger charge is 2.31. The first-order valence-electron chi connectivity index (χ1n) is 6.44. The number of halogens is 1. The van der Waals surface area contributed by atoms with Gasteiger partial charge in [-0.1, -0.05) is 12.1 Å². The number of hydrogen-bond acceptors (Lipinski definition) is 4. The smallest absolute Gasteiger partial charge is 0.254 e. The molecule has 7 heteroatoms. The molecule has 112 valence electrons. The molecule has 1 aliphatic rings. The van der Waals surface area contributed by atoms with E-state index < -0.39 is 16.1 Å². The van der Waals surface area contributed by atoms with Crippen molar-refractivity contribution >= 4 is 21.4 Å². The van der Waals surface area contributed by atoms with E-state index in [1.165, 1.54) is 13.2 Å². The van der Waals surface area contributed by atoms with Crippen molar-refractivity contribution in [3.8, 4) is 5.75 Å². The van der Waals surface area contributed by atoms with Crippen LogP contribution in [0.1, 0.15) is 23.6 Å². The van der Waals surface area contributed by atoms with Gasteiger partial charge in [-0.15, -0.1) is 11.3 Å². The third-order valence-corrected chi connectivity index (χ3v) is 6.49. The van der Waals surface area contributed by atoms with E-state index in [4.69, 9.17) is 4.74 Å². The topological polar surface area (TPSA) is 55.4 Å². The van der Waals surface area contributed by atoms with Crippen molar-refractivity contribution in [2.75, 3.05) is 7.11 Å². The number of sulfonamides is 1. The number of nitrogens with one attached hydrogen (secondary N) is 1. The summed E-state index contributed by atoms with van der Waals surface area (Å²) >= 11 is 1.10. The van der Waals surface area contributed by atoms with Gasteiger partial charge in [-0.05, 0) is 41.5 Å². The number of thiophene rings is 1. The molecule has 0 fully saturated rings. The molecule has 0 spiro atoms. The van der Waals surface area contributed by atoms with Crippen LogP contribution in [0.2, 0.25) is 0 Å². The number of rotatable bonds is 4. The van der Waals surface area contributed by atoms with Crippen LogP contribution in [0.3, 0.4) is 0 Å². The summed E-state index contributed by atoms with van der Waals surface area (Å²) in [6.07, 6.45) is 1.10. The molecule has 4 nitrogen and oxygen atoms in total. The van der Waals surface area contributed by atoms with Gasteiger partial charge in [0.25, 0.3) is 10.0 Å². The van der Waals surface area contributed by atoms with Crippen LogP contribution in [0, 0.1) is 5.82 Å². The number of benzene rings is 1. The highest BCUT2D eigenvalue weighted by Crippen LogP contribution is 2.36. The Bertz CT molecular complexity index is 770. The van der Waals surface area contributed by atoms with E-state index in [9.17, 15) is 12.8 Å². The lowest BCUT2D eigenvalue weighted by atomic mass is 10.1. The lowest BCUT2D eigenvalue weighted by Gasteiger charge is -2.14. The van der Waals surface area contributed by atoms with Crippen molar-refractivity contribution < 1.29 is 17.5 Å². The Morgan fingerprint density at radius 1 is 1.38 bits per heavy atom. The second-order valence-corrected chi connectivity index (χ2v) is 7.62. The number of ether oxygens (including phenoxy) is 1. The predicted octanol–water partition coefficient (Wildman–Crippen LogP) is 2.86. The van der Waals surface area contributed by atoms with E-state index in [1.807, 2.05) is 0 Å². The molecule has 0 amide bonds. The van der Waals surface area contributed by atoms with E-state index in [0.29, 0.717) is 29.7 Å². The minimum atomic E-state index is -3.68. The van der Waals surface area contributed by atoms with Crippen LogP contribution < -0.4 is 9.46 Å². The van der Waals surface area contributed by atoms with E-state index in [0.717, 1.165) is 11.3 Å². The van der Waals surface area contributed by atoms with Gasteiger partial charge in [0.2, 0.25) is 0 Å². The summed E-state index contributed by atoms with van der Waals surface area (Å²) in [6.45, 7) is 0. The maximum atomic E-state index is 13.7. The minimum absolute atomic E-state index is 0.148. The summed E-state index contributed by atoms with van der Waals surface area (Å²) in [6, 6.07) is 5.99. The maximum absolute atomic E-state index is 13.7. The molecule has 0 unspecified atom stereocenters. The van der Waals surface area contributed by atoms with Crippen molar-refractivity contribution in [1.82, 2.24) is 4.72 Å². The van der Waals surface area contributed by atoms with Gasteiger partial charge < -0.3 is 4.74 Å². The maximum Gasteiger partial charge on any atom is 0.254 e. The van der Waals surface area contributed by atoms with Crippen LogP contribution in [0.25, 0.3) is 0 Å². The van der Waals surface area contributed by atoms with Gasteiger partial charge in [-0.2, -0.15) is 0 Å². The second kappa shape index (κ2) is 5.40. The zero-order valence-corrected chi connectivity index (χ0v) is 12.9. The lowest BCUT2D eigenvalue weighted by Crippen LogP contribution is -2.27. The van der Waals surface area contributed by atoms with E-state index in [2.05, 4.69) is 4.72 Å². The first-order valence-corrected chi connectivity index (χ1v) is 8.80. The highest BCUT2D eigenvalue weighted by atomic mass is 32.2. The molecule has 3 rings (SSSR count). The van der Waals surface area contributed by atoms with E-state index in [-0.39, 0.29) is 10.0 Å². The van der Waals surface area contributed by atoms with Crippen molar-refractivity contribution in [3.05, 3.63) is 46.6 Å². The largest absolute Gasteiger partial charge is 0.494 e. The average Bonchev–Trinajstić information content (AvgIpc) is 3.06. The molecular weight excluding hydrogens is 313 g/mol. The Kier molecular flexibility index (Phi) is 3.73. The molecule has 1 N–H and O–H groups in total. The van der Waals surface area contributed by atoms with Gasteiger partial charge in [-0.3, -0.25) is 0 Å². The van der Waals surface area contributed by atoms with Gasteiger partial charge in [-0.25, -0.2) is 17.5 Å².